The Hall–Kier alpha value is -11.8. The van der Waals surface area contributed by atoms with Crippen LogP contribution in [0, 0.1) is 5.41 Å². The number of aromatic amines is 4. The maximum absolute atomic E-state index is 17.1. The van der Waals surface area contributed by atoms with Crippen LogP contribution in [0.5, 0.6) is 0 Å². The molecule has 6 aromatic heterocycles. The molecule has 0 aliphatic carbocycles. The van der Waals surface area contributed by atoms with E-state index in [2.05, 4.69) is 482 Å². The third-order valence-corrected chi connectivity index (χ3v) is 28.9. The van der Waals surface area contributed by atoms with Crippen molar-refractivity contribution >= 4 is 97.5 Å². The van der Waals surface area contributed by atoms with E-state index in [4.69, 9.17) is 19.9 Å². The van der Waals surface area contributed by atoms with Crippen LogP contribution in [0.1, 0.15) is 375 Å². The smallest absolute Gasteiger partial charge is 0.144 e. The van der Waals surface area contributed by atoms with Crippen LogP contribution < -0.4 is 0 Å². The van der Waals surface area contributed by atoms with Gasteiger partial charge in [-0.05, 0) is 287 Å². The molecule has 0 spiro atoms. The van der Waals surface area contributed by atoms with Crippen molar-refractivity contribution in [2.75, 3.05) is 0 Å². The summed E-state index contributed by atoms with van der Waals surface area (Å²) in [5, 5.41) is 0. The van der Waals surface area contributed by atoms with E-state index >= 15 is 4.79 Å². The van der Waals surface area contributed by atoms with E-state index in [1.807, 2.05) is 0 Å². The highest BCUT2D eigenvalue weighted by Gasteiger charge is 2.45. The lowest BCUT2D eigenvalue weighted by molar-refractivity contribution is -0.120. The molecule has 4 N–H and O–H groups in total. The number of nitrogens with one attached hydrogen (secondary N) is 4. The summed E-state index contributed by atoms with van der Waals surface area (Å²) in [6, 6.07) is 65.4. The minimum atomic E-state index is -1.50. The van der Waals surface area contributed by atoms with Crippen LogP contribution in [-0.2, 0) is 69.8 Å². The zero-order chi connectivity index (χ0) is 100. The van der Waals surface area contributed by atoms with E-state index in [-0.39, 0.29) is 70.8 Å². The lowest BCUT2D eigenvalue weighted by Gasteiger charge is -2.30. The van der Waals surface area contributed by atoms with Gasteiger partial charge in [0.2, 0.25) is 0 Å². The molecule has 16 bridgehead atoms. The fraction of sp³-hybridized carbons (Fsp3) is 0.398. The summed E-state index contributed by atoms with van der Waals surface area (Å²) in [6.07, 6.45) is 13.5. The minimum absolute atomic E-state index is 0.0841. The Balaban J connectivity index is 1.10. The molecule has 9 nitrogen and oxygen atoms in total. The maximum atomic E-state index is 17.1. The highest BCUT2D eigenvalue weighted by Crippen LogP contribution is 2.55. The lowest BCUT2D eigenvalue weighted by Crippen LogP contribution is -2.28. The average molecular weight is 1820 g/mol. The van der Waals surface area contributed by atoms with Crippen molar-refractivity contribution < 1.29 is 4.79 Å². The van der Waals surface area contributed by atoms with Crippen molar-refractivity contribution in [3.8, 4) is 66.8 Å². The topological polar surface area (TPSA) is 132 Å². The number of Topliss-reactive ketones (excluding diaryl/α,β-unsaturated/α-hetero) is 1. The largest absolute Gasteiger partial charge is 0.355 e. The highest BCUT2D eigenvalue weighted by atomic mass is 16.1. The fourth-order valence-electron chi connectivity index (χ4n) is 19.4. The average Bonchev–Trinajstić information content (AvgIpc) is 1.57. The maximum Gasteiger partial charge on any atom is 0.144 e. The van der Waals surface area contributed by atoms with E-state index in [1.54, 1.807) is 6.92 Å². The van der Waals surface area contributed by atoms with Crippen molar-refractivity contribution in [2.24, 2.45) is 5.41 Å². The molecule has 6 aromatic carbocycles. The molecule has 4 aliphatic rings. The van der Waals surface area contributed by atoms with Crippen LogP contribution in [0.25, 0.3) is 158 Å². The number of H-pyrrole nitrogens is 4. The van der Waals surface area contributed by atoms with Gasteiger partial charge in [-0.25, -0.2) is 19.9 Å². The van der Waals surface area contributed by atoms with E-state index in [9.17, 15) is 0 Å². The van der Waals surface area contributed by atoms with Crippen LogP contribution in [0.15, 0.2) is 170 Å². The van der Waals surface area contributed by atoms with Crippen molar-refractivity contribution in [1.82, 2.24) is 39.9 Å². The van der Waals surface area contributed by atoms with Gasteiger partial charge in [0.1, 0.15) is 5.78 Å². The molecular weight excluding hydrogens is 1670 g/mol. The second-order valence-electron chi connectivity index (χ2n) is 52.6. The number of aromatic nitrogens is 8. The molecule has 10 heterocycles. The van der Waals surface area contributed by atoms with Crippen molar-refractivity contribution in [2.45, 2.75) is 328 Å². The Kier molecular flexibility index (Phi) is 24.0. The molecule has 0 saturated carbocycles. The van der Waals surface area contributed by atoms with Gasteiger partial charge in [0.15, 0.2) is 0 Å². The van der Waals surface area contributed by atoms with Gasteiger partial charge in [0.25, 0.3) is 0 Å². The molecule has 4 aliphatic heterocycles. The second kappa shape index (κ2) is 33.5. The molecule has 0 radical (unpaired) electrons. The number of allylic oxidation sites excluding steroid dienone is 2. The Morgan fingerprint density at radius 2 is 0.372 bits per heavy atom. The summed E-state index contributed by atoms with van der Waals surface area (Å²) in [4.78, 5) is 58.0. The predicted octanol–water partition coefficient (Wildman–Crippen LogP) is 35.2. The molecule has 0 amide bonds. The summed E-state index contributed by atoms with van der Waals surface area (Å²) < 4.78 is 0. The normalized spacial score (nSPS) is 14.1. The fourth-order valence-corrected chi connectivity index (χ4v) is 19.4. The summed E-state index contributed by atoms with van der Waals surface area (Å²) >= 11 is 0. The first-order chi connectivity index (χ1) is 63.0. The van der Waals surface area contributed by atoms with Gasteiger partial charge < -0.3 is 19.9 Å². The third kappa shape index (κ3) is 19.5. The molecule has 710 valence electrons. The highest BCUT2D eigenvalue weighted by molar-refractivity contribution is 6.16. The van der Waals surface area contributed by atoms with Gasteiger partial charge in [0.05, 0.1) is 51.0 Å². The summed E-state index contributed by atoms with van der Waals surface area (Å²) in [5.74, 6) is -0.0841. The SMILES string of the molecule is CC(=O)C(C)(C1=Cc2nc1cc1ccc([nH]1)c(-c1cc(C(C)(C)C)cc(C(C)(C)C)c1)c1nc(c(-c3cc(C(C)(C)C)cc(C(C)(C)C)c3)c3ccc([nH]3)c2-c2cc(C(C)(C)C)cc(C(C)(C)C)c2)C=C1)C1=Cc2nc1cc1ccc([nH]1)c(-c1cc(C(C)(C)C)cc(C(C)(C)C)c1)c1nc(c(-c3cc(C(C)(C)C)cc(C(C)(C)C)c3)c3ccc([nH]3)c2-c2cc(C(C)(C)C)cc(C(C)(C)C)c2)C=C1. The number of fused-ring (bicyclic) bond motifs is 16. The van der Waals surface area contributed by atoms with Crippen molar-refractivity contribution in [1.29, 1.82) is 0 Å². The van der Waals surface area contributed by atoms with Crippen molar-refractivity contribution in [3.05, 3.63) is 282 Å². The number of hydrogen-bond donors (Lipinski definition) is 4. The predicted molar refractivity (Wildman–Crippen MR) is 591 cm³/mol. The molecule has 0 atom stereocenters. The van der Waals surface area contributed by atoms with Crippen molar-refractivity contribution in [3.63, 3.8) is 0 Å². The number of nitrogens with zero attached hydrogens (tertiary/aromatic N) is 4. The summed E-state index contributed by atoms with van der Waals surface area (Å²) in [5.41, 5.74) is 36.9. The van der Waals surface area contributed by atoms with E-state index in [1.165, 1.54) is 66.8 Å². The molecule has 16 rings (SSSR count). The van der Waals surface area contributed by atoms with E-state index in [0.717, 1.165) is 145 Å². The molecule has 9 heteroatoms. The molecule has 0 unspecified atom stereocenters. The zero-order valence-corrected chi connectivity index (χ0v) is 89.8. The summed E-state index contributed by atoms with van der Waals surface area (Å²) in [6.45, 7) is 87.2. The van der Waals surface area contributed by atoms with Gasteiger partial charge in [0, 0.05) is 77.5 Å². The lowest BCUT2D eigenvalue weighted by atomic mass is 9.70. The number of carbonyl (C=O) groups excluding carboxylic acids is 1. The Morgan fingerprint density at radius 1 is 0.204 bits per heavy atom. The van der Waals surface area contributed by atoms with Crippen LogP contribution in [0.3, 0.4) is 0 Å². The van der Waals surface area contributed by atoms with Crippen LogP contribution in [-0.4, -0.2) is 45.7 Å². The quantitative estimate of drug-likeness (QED) is 0.114. The molecule has 0 saturated heterocycles. The standard InChI is InChI=1S/C128H152N8O/c1-73(137)128(38,94-71-108-114(78-59-88(124(26,27)28)67-89(60-78)125(29,30)31)104-49-47-102(133-104)112(76-55-84(120(14,15)16)65-85(56-76)121(17,18)19)100-45-43-98(131-100)110(96-41-39-92(129-96)69-106(94)135-108)74-51-80(116(2,3)4)63-81(52-74)117(5,6)7)95-72-109-115(79-61-90(126(32,33)34)68-91(62-79)127(35,36)37)105-50-48-103(134-105)113(77-57-86(122(20,21)22)66-87(58-77)123(23,24)25)101-46-44-99(132-101)111(97-42-40-93(130-97)70-107(95)136-109)75-53-82(118(8,9)10)64-83(54-75)119(11,12)13/h39-72,129-130,133-134H,1-38H3. The van der Waals surface area contributed by atoms with Crippen LogP contribution in [0.2, 0.25) is 0 Å². The second-order valence-corrected chi connectivity index (χ2v) is 52.6. The zero-order valence-electron chi connectivity index (χ0n) is 89.8. The number of hydrogen-bond acceptors (Lipinski definition) is 5. The van der Waals surface area contributed by atoms with Gasteiger partial charge in [-0.1, -0.05) is 358 Å². The monoisotopic (exact) mass is 1820 g/mol. The first-order valence-electron chi connectivity index (χ1n) is 49.9. The van der Waals surface area contributed by atoms with Crippen LogP contribution >= 0.6 is 0 Å². The number of rotatable bonds is 9. The number of carbonyl (C=O) groups is 1. The first kappa shape index (κ1) is 98.2. The summed E-state index contributed by atoms with van der Waals surface area (Å²) in [7, 11) is 0. The van der Waals surface area contributed by atoms with Crippen LogP contribution in [0.4, 0.5) is 0 Å². The number of benzene rings is 6. The van der Waals surface area contributed by atoms with Gasteiger partial charge >= 0.3 is 0 Å². The number of ketones is 1. The molecule has 12 aromatic rings. The first-order valence-corrected chi connectivity index (χ1v) is 49.9. The molecule has 0 fully saturated rings. The van der Waals surface area contributed by atoms with Gasteiger partial charge in [-0.15, -0.1) is 0 Å². The molecule has 137 heavy (non-hydrogen) atoms. The Bertz CT molecular complexity index is 6820. The van der Waals surface area contributed by atoms with E-state index < -0.39 is 5.41 Å². The minimum Gasteiger partial charge on any atom is -0.355 e. The Labute approximate surface area is 819 Å². The molecular formula is C128H152N8O. The van der Waals surface area contributed by atoms with E-state index in [0.29, 0.717) is 22.8 Å². The Morgan fingerprint density at radius 3 is 0.547 bits per heavy atom. The third-order valence-electron chi connectivity index (χ3n) is 28.9. The van der Waals surface area contributed by atoms with Gasteiger partial charge in [-0.2, -0.15) is 0 Å². The van der Waals surface area contributed by atoms with Gasteiger partial charge in [-0.3, -0.25) is 4.79 Å².